The Morgan fingerprint density at radius 1 is 1.13 bits per heavy atom. The normalized spacial score (nSPS) is 10.7. The fourth-order valence-corrected chi connectivity index (χ4v) is 3.90. The molecule has 3 aromatic carbocycles. The van der Waals surface area contributed by atoms with E-state index >= 15 is 0 Å². The molecule has 0 aliphatic rings. The largest absolute Gasteiger partial charge is 0.489 e. The molecule has 1 heterocycles. The molecule has 0 unspecified atom stereocenters. The molecule has 0 atom stereocenters. The lowest BCUT2D eigenvalue weighted by molar-refractivity contribution is 0.102. The Balaban J connectivity index is 1.46. The van der Waals surface area contributed by atoms with Gasteiger partial charge in [-0.2, -0.15) is 0 Å². The number of thiazole rings is 1. The third-order valence-electron chi connectivity index (χ3n) is 4.57. The quantitative estimate of drug-likeness (QED) is 0.352. The topological polar surface area (TPSA) is 51.2 Å². The maximum Gasteiger partial charge on any atom is 0.275 e. The minimum absolute atomic E-state index is 0.0109. The molecule has 4 rings (SSSR count). The lowest BCUT2D eigenvalue weighted by Crippen LogP contribution is -2.12. The van der Waals surface area contributed by atoms with Crippen molar-refractivity contribution in [3.63, 3.8) is 0 Å². The third-order valence-corrected chi connectivity index (χ3v) is 5.82. The minimum atomic E-state index is -0.409. The molecule has 4 nitrogen and oxygen atoms in total. The highest BCUT2D eigenvalue weighted by Gasteiger charge is 2.13. The molecule has 0 aliphatic carbocycles. The second kappa shape index (κ2) is 9.29. The van der Waals surface area contributed by atoms with Crippen LogP contribution in [0.4, 0.5) is 10.1 Å². The molecule has 156 valence electrons. The molecule has 0 saturated carbocycles. The van der Waals surface area contributed by atoms with Gasteiger partial charge in [0, 0.05) is 22.2 Å². The highest BCUT2D eigenvalue weighted by atomic mass is 35.5. The van der Waals surface area contributed by atoms with Gasteiger partial charge in [-0.25, -0.2) is 9.37 Å². The molecule has 7 heteroatoms. The number of aryl methyl sites for hydroxylation is 1. The lowest BCUT2D eigenvalue weighted by Gasteiger charge is -2.09. The Morgan fingerprint density at radius 2 is 1.90 bits per heavy atom. The number of anilines is 1. The van der Waals surface area contributed by atoms with Crippen molar-refractivity contribution in [3.05, 3.63) is 99.8 Å². The van der Waals surface area contributed by atoms with Crippen molar-refractivity contribution in [1.29, 1.82) is 0 Å². The average molecular weight is 453 g/mol. The molecular formula is C24H18ClFN2O2S. The van der Waals surface area contributed by atoms with Gasteiger partial charge < -0.3 is 10.1 Å². The molecule has 1 N–H and O–H groups in total. The Kier molecular flexibility index (Phi) is 6.30. The van der Waals surface area contributed by atoms with Crippen LogP contribution in [-0.2, 0) is 6.61 Å². The molecule has 1 aromatic heterocycles. The molecular weight excluding hydrogens is 435 g/mol. The van der Waals surface area contributed by atoms with Gasteiger partial charge in [0.15, 0.2) is 0 Å². The van der Waals surface area contributed by atoms with Crippen LogP contribution in [0.3, 0.4) is 0 Å². The summed E-state index contributed by atoms with van der Waals surface area (Å²) in [6.07, 6.45) is 0. The van der Waals surface area contributed by atoms with Crippen LogP contribution in [0.1, 0.15) is 21.6 Å². The smallest absolute Gasteiger partial charge is 0.275 e. The fraction of sp³-hybridized carbons (Fsp3) is 0.0833. The van der Waals surface area contributed by atoms with Gasteiger partial charge in [0.05, 0.1) is 5.02 Å². The number of carbonyl (C=O) groups is 1. The zero-order valence-electron chi connectivity index (χ0n) is 16.6. The summed E-state index contributed by atoms with van der Waals surface area (Å²) in [5, 5.41) is 5.56. The maximum absolute atomic E-state index is 13.9. The van der Waals surface area contributed by atoms with E-state index in [4.69, 9.17) is 16.3 Å². The van der Waals surface area contributed by atoms with Crippen molar-refractivity contribution in [2.45, 2.75) is 13.5 Å². The Morgan fingerprint density at radius 3 is 2.68 bits per heavy atom. The number of nitrogens with zero attached hydrogens (tertiary/aromatic N) is 1. The monoisotopic (exact) mass is 452 g/mol. The zero-order chi connectivity index (χ0) is 21.8. The first-order chi connectivity index (χ1) is 15.0. The second-order valence-corrected chi connectivity index (χ2v) is 8.14. The van der Waals surface area contributed by atoms with Gasteiger partial charge in [0.1, 0.15) is 28.9 Å². The van der Waals surface area contributed by atoms with E-state index < -0.39 is 5.82 Å². The van der Waals surface area contributed by atoms with Crippen molar-refractivity contribution in [3.8, 4) is 16.3 Å². The van der Waals surface area contributed by atoms with Crippen LogP contribution in [0.2, 0.25) is 5.02 Å². The van der Waals surface area contributed by atoms with E-state index in [9.17, 15) is 9.18 Å². The van der Waals surface area contributed by atoms with Gasteiger partial charge in [-0.05, 0) is 43.3 Å². The number of ether oxygens (including phenoxy) is 1. The Bertz CT molecular complexity index is 1200. The van der Waals surface area contributed by atoms with Crippen molar-refractivity contribution < 1.29 is 13.9 Å². The number of rotatable bonds is 6. The van der Waals surface area contributed by atoms with Crippen LogP contribution < -0.4 is 10.1 Å². The van der Waals surface area contributed by atoms with Crippen molar-refractivity contribution in [2.75, 3.05) is 5.32 Å². The SMILES string of the molecule is Cc1ccc(NC(=O)c2csc(-c3cccc(OCc4c(F)cccc4Cl)c3)n2)cc1. The van der Waals surface area contributed by atoms with Crippen LogP contribution in [0.15, 0.2) is 72.1 Å². The standard InChI is InChI=1S/C24H18ClFN2O2S/c1-15-8-10-17(11-9-15)27-23(29)22-14-31-24(28-22)16-4-2-5-18(12-16)30-13-19-20(25)6-3-7-21(19)26/h2-12,14H,13H2,1H3,(H,27,29). The van der Waals surface area contributed by atoms with Crippen LogP contribution in [-0.4, -0.2) is 10.9 Å². The number of aromatic nitrogens is 1. The fourth-order valence-electron chi connectivity index (χ4n) is 2.89. The maximum atomic E-state index is 13.9. The first kappa shape index (κ1) is 21.0. The number of nitrogens with one attached hydrogen (secondary N) is 1. The first-order valence-corrected chi connectivity index (χ1v) is 10.7. The minimum Gasteiger partial charge on any atom is -0.489 e. The van der Waals surface area contributed by atoms with Crippen molar-refractivity contribution in [1.82, 2.24) is 4.98 Å². The molecule has 1 amide bonds. The first-order valence-electron chi connectivity index (χ1n) is 9.49. The number of halogens is 2. The summed E-state index contributed by atoms with van der Waals surface area (Å²) in [5.41, 5.74) is 3.28. The van der Waals surface area contributed by atoms with Crippen LogP contribution in [0.25, 0.3) is 10.6 Å². The van der Waals surface area contributed by atoms with E-state index in [-0.39, 0.29) is 12.5 Å². The van der Waals surface area contributed by atoms with Gasteiger partial charge in [0.2, 0.25) is 0 Å². The van der Waals surface area contributed by atoms with Gasteiger partial charge in [-0.15, -0.1) is 11.3 Å². The summed E-state index contributed by atoms with van der Waals surface area (Å²) >= 11 is 7.42. The summed E-state index contributed by atoms with van der Waals surface area (Å²) in [6.45, 7) is 2.00. The van der Waals surface area contributed by atoms with E-state index in [2.05, 4.69) is 10.3 Å². The van der Waals surface area contributed by atoms with Crippen molar-refractivity contribution >= 4 is 34.5 Å². The number of hydrogen-bond acceptors (Lipinski definition) is 4. The number of benzene rings is 3. The summed E-state index contributed by atoms with van der Waals surface area (Å²) in [4.78, 5) is 16.9. The van der Waals surface area contributed by atoms with Gasteiger partial charge in [-0.1, -0.05) is 47.5 Å². The van der Waals surface area contributed by atoms with Gasteiger partial charge >= 0.3 is 0 Å². The van der Waals surface area contributed by atoms with Crippen LogP contribution >= 0.6 is 22.9 Å². The molecule has 0 aliphatic heterocycles. The highest BCUT2D eigenvalue weighted by Crippen LogP contribution is 2.28. The van der Waals surface area contributed by atoms with E-state index in [0.717, 1.165) is 11.1 Å². The van der Waals surface area contributed by atoms with E-state index in [1.807, 2.05) is 43.3 Å². The van der Waals surface area contributed by atoms with Crippen LogP contribution in [0, 0.1) is 12.7 Å². The van der Waals surface area contributed by atoms with Gasteiger partial charge in [0.25, 0.3) is 5.91 Å². The number of carbonyl (C=O) groups excluding carboxylic acids is 1. The second-order valence-electron chi connectivity index (χ2n) is 6.87. The molecule has 31 heavy (non-hydrogen) atoms. The number of amides is 1. The lowest BCUT2D eigenvalue weighted by atomic mass is 10.2. The van der Waals surface area contributed by atoms with E-state index in [0.29, 0.717) is 32.7 Å². The number of hydrogen-bond donors (Lipinski definition) is 1. The van der Waals surface area contributed by atoms with Crippen molar-refractivity contribution in [2.24, 2.45) is 0 Å². The molecule has 0 bridgehead atoms. The summed E-state index contributed by atoms with van der Waals surface area (Å²) in [5.74, 6) is -0.126. The predicted octanol–water partition coefficient (Wildman–Crippen LogP) is 6.74. The Labute approximate surface area is 188 Å². The molecule has 4 aromatic rings. The predicted molar refractivity (Wildman–Crippen MR) is 122 cm³/mol. The van der Waals surface area contributed by atoms with E-state index in [1.165, 1.54) is 17.4 Å². The summed E-state index contributed by atoms with van der Waals surface area (Å²) < 4.78 is 19.7. The van der Waals surface area contributed by atoms with Crippen LogP contribution in [0.5, 0.6) is 5.75 Å². The average Bonchev–Trinajstić information content (AvgIpc) is 3.26. The molecule has 0 saturated heterocycles. The Hall–Kier alpha value is -3.22. The summed E-state index contributed by atoms with van der Waals surface area (Å²) in [6, 6.07) is 19.4. The van der Waals surface area contributed by atoms with E-state index in [1.54, 1.807) is 29.6 Å². The third kappa shape index (κ3) is 5.10. The zero-order valence-corrected chi connectivity index (χ0v) is 18.1. The molecule has 0 radical (unpaired) electrons. The van der Waals surface area contributed by atoms with Gasteiger partial charge in [-0.3, -0.25) is 4.79 Å². The molecule has 0 spiro atoms. The molecule has 0 fully saturated rings. The summed E-state index contributed by atoms with van der Waals surface area (Å²) in [7, 11) is 0. The highest BCUT2D eigenvalue weighted by molar-refractivity contribution is 7.13.